The highest BCUT2D eigenvalue weighted by molar-refractivity contribution is 5.94. The van der Waals surface area contributed by atoms with E-state index in [0.717, 1.165) is 11.1 Å². The monoisotopic (exact) mass is 263 g/mol. The molecule has 1 aliphatic rings. The first-order valence-corrected chi connectivity index (χ1v) is 6.47. The van der Waals surface area contributed by atoms with Crippen molar-refractivity contribution in [3.63, 3.8) is 0 Å². The van der Waals surface area contributed by atoms with Crippen molar-refractivity contribution in [1.29, 1.82) is 0 Å². The number of aliphatic hydroxyl groups excluding tert-OH is 1. The molecule has 1 saturated heterocycles. The zero-order chi connectivity index (χ0) is 13.8. The maximum absolute atomic E-state index is 12.8. The van der Waals surface area contributed by atoms with Crippen molar-refractivity contribution >= 4 is 11.5 Å². The minimum atomic E-state index is -0.286. The van der Waals surface area contributed by atoms with Gasteiger partial charge in [-0.15, -0.1) is 0 Å². The fourth-order valence-corrected chi connectivity index (χ4v) is 2.16. The van der Waals surface area contributed by atoms with Crippen molar-refractivity contribution in [3.8, 4) is 0 Å². The Bertz CT molecular complexity index is 473. The molecule has 1 aromatic rings. The van der Waals surface area contributed by atoms with E-state index in [0.29, 0.717) is 25.9 Å². The van der Waals surface area contributed by atoms with Crippen molar-refractivity contribution in [3.05, 3.63) is 41.7 Å². The molecular weight excluding hydrogens is 245 g/mol. The molecule has 0 aliphatic carbocycles. The average Bonchev–Trinajstić information content (AvgIpc) is 2.40. The third-order valence-corrected chi connectivity index (χ3v) is 3.42. The first kappa shape index (κ1) is 13.7. The molecule has 3 nitrogen and oxygen atoms in total. The zero-order valence-electron chi connectivity index (χ0n) is 11.0. The summed E-state index contributed by atoms with van der Waals surface area (Å²) in [4.78, 5) is 13.8. The van der Waals surface area contributed by atoms with Gasteiger partial charge in [-0.25, -0.2) is 4.39 Å². The molecule has 1 N–H and O–H groups in total. The summed E-state index contributed by atoms with van der Waals surface area (Å²) >= 11 is 0. The van der Waals surface area contributed by atoms with Crippen LogP contribution >= 0.6 is 0 Å². The number of nitrogens with zero attached hydrogens (tertiary/aromatic N) is 1. The summed E-state index contributed by atoms with van der Waals surface area (Å²) in [5.74, 6) is -0.332. The van der Waals surface area contributed by atoms with Crippen molar-refractivity contribution in [1.82, 2.24) is 4.90 Å². The Kier molecular flexibility index (Phi) is 4.32. The standard InChI is InChI=1S/C15H18FNO2/c1-11(12-2-4-13(16)5-3-12)10-15(19)17-8-6-14(18)7-9-17/h2-5,10,14,18H,6-9H2,1H3. The van der Waals surface area contributed by atoms with E-state index in [2.05, 4.69) is 0 Å². The third kappa shape index (κ3) is 3.64. The zero-order valence-corrected chi connectivity index (χ0v) is 11.0. The van der Waals surface area contributed by atoms with Crippen molar-refractivity contribution in [2.75, 3.05) is 13.1 Å². The van der Waals surface area contributed by atoms with Crippen LogP contribution in [0.2, 0.25) is 0 Å². The molecule has 0 bridgehead atoms. The Morgan fingerprint density at radius 2 is 1.89 bits per heavy atom. The SMILES string of the molecule is CC(=CC(=O)N1CCC(O)CC1)c1ccc(F)cc1. The number of halogens is 1. The van der Waals surface area contributed by atoms with Gasteiger partial charge in [0.05, 0.1) is 6.10 Å². The maximum atomic E-state index is 12.8. The summed E-state index contributed by atoms with van der Waals surface area (Å²) in [5, 5.41) is 9.41. The lowest BCUT2D eigenvalue weighted by Crippen LogP contribution is -2.39. The molecule has 1 heterocycles. The van der Waals surface area contributed by atoms with Gasteiger partial charge in [-0.2, -0.15) is 0 Å². The topological polar surface area (TPSA) is 40.5 Å². The van der Waals surface area contributed by atoms with Gasteiger partial charge in [0.2, 0.25) is 5.91 Å². The van der Waals surface area contributed by atoms with Crippen LogP contribution in [0.15, 0.2) is 30.3 Å². The van der Waals surface area contributed by atoms with Gasteiger partial charge >= 0.3 is 0 Å². The Labute approximate surface area is 112 Å². The van der Waals surface area contributed by atoms with E-state index < -0.39 is 0 Å². The Morgan fingerprint density at radius 3 is 2.47 bits per heavy atom. The fourth-order valence-electron chi connectivity index (χ4n) is 2.16. The van der Waals surface area contributed by atoms with Crippen LogP contribution in [0.3, 0.4) is 0 Å². The van der Waals surface area contributed by atoms with Gasteiger partial charge in [0.25, 0.3) is 0 Å². The molecule has 0 spiro atoms. The highest BCUT2D eigenvalue weighted by atomic mass is 19.1. The van der Waals surface area contributed by atoms with E-state index in [-0.39, 0.29) is 17.8 Å². The first-order chi connectivity index (χ1) is 9.06. The molecule has 0 radical (unpaired) electrons. The van der Waals surface area contributed by atoms with Gasteiger partial charge in [-0.3, -0.25) is 4.79 Å². The molecule has 0 unspecified atom stereocenters. The second-order valence-electron chi connectivity index (χ2n) is 4.89. The van der Waals surface area contributed by atoms with Gasteiger partial charge in [0.15, 0.2) is 0 Å². The van der Waals surface area contributed by atoms with Gasteiger partial charge in [0, 0.05) is 19.2 Å². The normalized spacial score (nSPS) is 17.6. The quantitative estimate of drug-likeness (QED) is 0.831. The minimum absolute atomic E-state index is 0.0475. The number of hydrogen-bond donors (Lipinski definition) is 1. The van der Waals surface area contributed by atoms with Gasteiger partial charge < -0.3 is 10.0 Å². The second-order valence-corrected chi connectivity index (χ2v) is 4.89. The highest BCUT2D eigenvalue weighted by Crippen LogP contribution is 2.16. The molecule has 0 aromatic heterocycles. The molecule has 1 aromatic carbocycles. The predicted octanol–water partition coefficient (Wildman–Crippen LogP) is 2.21. The van der Waals surface area contributed by atoms with Crippen LogP contribution in [0.25, 0.3) is 5.57 Å². The lowest BCUT2D eigenvalue weighted by molar-refractivity contribution is -0.127. The van der Waals surface area contributed by atoms with Crippen LogP contribution in [0.1, 0.15) is 25.3 Å². The smallest absolute Gasteiger partial charge is 0.246 e. The Balaban J connectivity index is 2.03. The average molecular weight is 263 g/mol. The minimum Gasteiger partial charge on any atom is -0.393 e. The number of likely N-dealkylation sites (tertiary alicyclic amines) is 1. The van der Waals surface area contributed by atoms with Crippen molar-refractivity contribution in [2.24, 2.45) is 0 Å². The fraction of sp³-hybridized carbons (Fsp3) is 0.400. The Morgan fingerprint density at radius 1 is 1.32 bits per heavy atom. The first-order valence-electron chi connectivity index (χ1n) is 6.47. The molecule has 0 atom stereocenters. The summed E-state index contributed by atoms with van der Waals surface area (Å²) in [6.07, 6.45) is 2.56. The predicted molar refractivity (Wildman–Crippen MR) is 71.9 cm³/mol. The number of hydrogen-bond acceptors (Lipinski definition) is 2. The van der Waals surface area contributed by atoms with Gasteiger partial charge in [-0.05, 0) is 43.0 Å². The Hall–Kier alpha value is -1.68. The van der Waals surface area contributed by atoms with Crippen LogP contribution in [-0.2, 0) is 4.79 Å². The molecule has 1 aliphatic heterocycles. The number of carbonyl (C=O) groups is 1. The van der Waals surface area contributed by atoms with E-state index in [1.54, 1.807) is 23.1 Å². The summed E-state index contributed by atoms with van der Waals surface area (Å²) in [5.41, 5.74) is 1.66. The number of allylic oxidation sites excluding steroid dienone is 1. The third-order valence-electron chi connectivity index (χ3n) is 3.42. The van der Waals surface area contributed by atoms with Crippen LogP contribution in [0.4, 0.5) is 4.39 Å². The molecular formula is C15H18FNO2. The van der Waals surface area contributed by atoms with Gasteiger partial charge in [0.1, 0.15) is 5.82 Å². The van der Waals surface area contributed by atoms with Crippen molar-refractivity contribution in [2.45, 2.75) is 25.9 Å². The molecule has 0 saturated carbocycles. The van der Waals surface area contributed by atoms with E-state index in [4.69, 9.17) is 0 Å². The van der Waals surface area contributed by atoms with E-state index in [1.807, 2.05) is 6.92 Å². The summed E-state index contributed by atoms with van der Waals surface area (Å²) in [6.45, 7) is 3.02. The van der Waals surface area contributed by atoms with Crippen molar-refractivity contribution < 1.29 is 14.3 Å². The van der Waals surface area contributed by atoms with E-state index in [1.165, 1.54) is 12.1 Å². The summed E-state index contributed by atoms with van der Waals surface area (Å²) < 4.78 is 12.8. The number of benzene rings is 1. The van der Waals surface area contributed by atoms with Crippen LogP contribution in [0, 0.1) is 5.82 Å². The number of carbonyl (C=O) groups excluding carboxylic acids is 1. The number of piperidine rings is 1. The second kappa shape index (κ2) is 5.97. The van der Waals surface area contributed by atoms with Crippen LogP contribution in [0.5, 0.6) is 0 Å². The summed E-state index contributed by atoms with van der Waals surface area (Å²) in [7, 11) is 0. The molecule has 1 fully saturated rings. The van der Waals surface area contributed by atoms with Crippen LogP contribution < -0.4 is 0 Å². The van der Waals surface area contributed by atoms with Crippen LogP contribution in [-0.4, -0.2) is 35.1 Å². The molecule has 102 valence electrons. The lowest BCUT2D eigenvalue weighted by atomic mass is 10.1. The largest absolute Gasteiger partial charge is 0.393 e. The highest BCUT2D eigenvalue weighted by Gasteiger charge is 2.19. The lowest BCUT2D eigenvalue weighted by Gasteiger charge is -2.28. The maximum Gasteiger partial charge on any atom is 0.246 e. The van der Waals surface area contributed by atoms with E-state index in [9.17, 15) is 14.3 Å². The molecule has 2 rings (SSSR count). The number of rotatable bonds is 2. The van der Waals surface area contributed by atoms with E-state index >= 15 is 0 Å². The van der Waals surface area contributed by atoms with Gasteiger partial charge in [-0.1, -0.05) is 12.1 Å². The molecule has 4 heteroatoms. The number of amides is 1. The number of aliphatic hydroxyl groups is 1. The molecule has 19 heavy (non-hydrogen) atoms. The molecule has 1 amide bonds. The summed E-state index contributed by atoms with van der Waals surface area (Å²) in [6, 6.07) is 6.09.